The number of hydrogen-bond donors (Lipinski definition) is 1. The predicted molar refractivity (Wildman–Crippen MR) is 81.5 cm³/mol. The highest BCUT2D eigenvalue weighted by atomic mass is 35.5. The van der Waals surface area contributed by atoms with Crippen LogP contribution in [0.15, 0.2) is 18.2 Å². The van der Waals surface area contributed by atoms with Gasteiger partial charge in [0.05, 0.1) is 6.42 Å². The lowest BCUT2D eigenvalue weighted by Crippen LogP contribution is -2.37. The van der Waals surface area contributed by atoms with Gasteiger partial charge in [-0.25, -0.2) is 0 Å². The molecule has 1 aromatic carbocycles. The Kier molecular flexibility index (Phi) is 5.48. The molecule has 114 valence electrons. The van der Waals surface area contributed by atoms with Crippen LogP contribution >= 0.6 is 23.2 Å². The van der Waals surface area contributed by atoms with Gasteiger partial charge in [0, 0.05) is 21.7 Å². The van der Waals surface area contributed by atoms with Crippen LogP contribution in [-0.4, -0.2) is 24.5 Å². The lowest BCUT2D eigenvalue weighted by Gasteiger charge is -2.13. The van der Waals surface area contributed by atoms with E-state index in [0.29, 0.717) is 21.5 Å². The number of hydrogen-bond acceptors (Lipinski definition) is 3. The summed E-state index contributed by atoms with van der Waals surface area (Å²) in [5.41, 5.74) is 0.512. The molecule has 2 rings (SSSR count). The number of nitrogens with one attached hydrogen (secondary N) is 1. The second-order valence-corrected chi connectivity index (χ2v) is 6.05. The monoisotopic (exact) mass is 329 g/mol. The number of ether oxygens (including phenoxy) is 1. The van der Waals surface area contributed by atoms with Crippen LogP contribution in [0.4, 0.5) is 0 Å². The molecule has 1 atom stereocenters. The van der Waals surface area contributed by atoms with Crippen molar-refractivity contribution in [2.75, 3.05) is 6.61 Å². The highest BCUT2D eigenvalue weighted by molar-refractivity contribution is 6.36. The Hall–Kier alpha value is -1.26. The fourth-order valence-corrected chi connectivity index (χ4v) is 2.58. The second kappa shape index (κ2) is 7.14. The Balaban J connectivity index is 1.78. The van der Waals surface area contributed by atoms with Crippen LogP contribution in [0.1, 0.15) is 25.3 Å². The Morgan fingerprint density at radius 3 is 2.52 bits per heavy atom. The number of carbonyl (C=O) groups excluding carboxylic acids is 2. The number of esters is 1. The Bertz CT molecular complexity index is 523. The van der Waals surface area contributed by atoms with Crippen LogP contribution in [-0.2, 0) is 20.7 Å². The van der Waals surface area contributed by atoms with Crippen molar-refractivity contribution < 1.29 is 14.3 Å². The molecular formula is C15H17Cl2NO3. The summed E-state index contributed by atoms with van der Waals surface area (Å²) >= 11 is 12.0. The molecule has 0 spiro atoms. The van der Waals surface area contributed by atoms with E-state index in [4.69, 9.17) is 27.9 Å². The summed E-state index contributed by atoms with van der Waals surface area (Å²) in [7, 11) is 0. The zero-order valence-corrected chi connectivity index (χ0v) is 13.2. The fraction of sp³-hybridized carbons (Fsp3) is 0.467. The fourth-order valence-electron chi connectivity index (χ4n) is 2.05. The van der Waals surface area contributed by atoms with Crippen molar-refractivity contribution in [2.45, 2.75) is 32.2 Å². The average Bonchev–Trinajstić information content (AvgIpc) is 3.25. The van der Waals surface area contributed by atoms with E-state index in [9.17, 15) is 9.59 Å². The molecule has 1 aromatic rings. The summed E-state index contributed by atoms with van der Waals surface area (Å²) in [6, 6.07) is 5.14. The number of rotatable bonds is 6. The minimum atomic E-state index is -0.528. The first-order valence-electron chi connectivity index (χ1n) is 6.85. The van der Waals surface area contributed by atoms with E-state index in [0.717, 1.165) is 12.8 Å². The summed E-state index contributed by atoms with van der Waals surface area (Å²) in [5.74, 6) is -0.251. The van der Waals surface area contributed by atoms with Crippen molar-refractivity contribution in [1.29, 1.82) is 0 Å². The SMILES string of the molecule is C[C@H](NC(=O)COC(=O)Cc1c(Cl)cccc1Cl)C1CC1. The molecule has 1 amide bonds. The third-order valence-electron chi connectivity index (χ3n) is 3.46. The molecule has 21 heavy (non-hydrogen) atoms. The van der Waals surface area contributed by atoms with Crippen molar-refractivity contribution in [1.82, 2.24) is 5.32 Å². The van der Waals surface area contributed by atoms with Gasteiger partial charge in [0.25, 0.3) is 5.91 Å². The molecule has 1 N–H and O–H groups in total. The molecule has 0 unspecified atom stereocenters. The van der Waals surface area contributed by atoms with E-state index in [2.05, 4.69) is 5.32 Å². The summed E-state index contributed by atoms with van der Waals surface area (Å²) in [5, 5.41) is 3.63. The normalized spacial score (nSPS) is 15.4. The largest absolute Gasteiger partial charge is 0.455 e. The van der Waals surface area contributed by atoms with Crippen molar-refractivity contribution in [2.24, 2.45) is 5.92 Å². The Morgan fingerprint density at radius 2 is 1.95 bits per heavy atom. The zero-order valence-electron chi connectivity index (χ0n) is 11.7. The maximum Gasteiger partial charge on any atom is 0.310 e. The third kappa shape index (κ3) is 4.90. The number of carbonyl (C=O) groups is 2. The molecule has 0 radical (unpaired) electrons. The highest BCUT2D eigenvalue weighted by Gasteiger charge is 2.29. The predicted octanol–water partition coefficient (Wildman–Crippen LogP) is 2.99. The second-order valence-electron chi connectivity index (χ2n) is 5.23. The summed E-state index contributed by atoms with van der Waals surface area (Å²) < 4.78 is 4.95. The molecule has 0 heterocycles. The van der Waals surface area contributed by atoms with E-state index < -0.39 is 5.97 Å². The molecule has 1 aliphatic rings. The topological polar surface area (TPSA) is 55.4 Å². The molecule has 1 saturated carbocycles. The maximum atomic E-state index is 11.7. The van der Waals surface area contributed by atoms with Gasteiger partial charge in [0.1, 0.15) is 0 Å². The summed E-state index contributed by atoms with van der Waals surface area (Å²) in [6.45, 7) is 1.68. The first kappa shape index (κ1) is 16.1. The lowest BCUT2D eigenvalue weighted by atomic mass is 10.1. The summed E-state index contributed by atoms with van der Waals surface area (Å²) in [6.07, 6.45) is 2.24. The number of benzene rings is 1. The van der Waals surface area contributed by atoms with Crippen LogP contribution in [0, 0.1) is 5.92 Å². The Morgan fingerprint density at radius 1 is 1.33 bits per heavy atom. The van der Waals surface area contributed by atoms with Crippen LogP contribution in [0.25, 0.3) is 0 Å². The number of amides is 1. The van der Waals surface area contributed by atoms with Crippen LogP contribution in [0.5, 0.6) is 0 Å². The average molecular weight is 330 g/mol. The van der Waals surface area contributed by atoms with Gasteiger partial charge in [-0.15, -0.1) is 0 Å². The molecule has 1 aliphatic carbocycles. The quantitative estimate of drug-likeness (QED) is 0.816. The van der Waals surface area contributed by atoms with Gasteiger partial charge in [0.15, 0.2) is 6.61 Å². The molecule has 4 nitrogen and oxygen atoms in total. The number of halogens is 2. The molecule has 1 fully saturated rings. The minimum absolute atomic E-state index is 0.0516. The van der Waals surface area contributed by atoms with E-state index in [-0.39, 0.29) is 25.0 Å². The maximum absolute atomic E-state index is 11.7. The van der Waals surface area contributed by atoms with Crippen molar-refractivity contribution in [3.05, 3.63) is 33.8 Å². The minimum Gasteiger partial charge on any atom is -0.455 e. The lowest BCUT2D eigenvalue weighted by molar-refractivity contribution is -0.148. The third-order valence-corrected chi connectivity index (χ3v) is 4.17. The van der Waals surface area contributed by atoms with Crippen LogP contribution < -0.4 is 5.32 Å². The van der Waals surface area contributed by atoms with Crippen LogP contribution in [0.3, 0.4) is 0 Å². The molecule has 0 aromatic heterocycles. The van der Waals surface area contributed by atoms with Crippen molar-refractivity contribution >= 4 is 35.1 Å². The van der Waals surface area contributed by atoms with Crippen LogP contribution in [0.2, 0.25) is 10.0 Å². The highest BCUT2D eigenvalue weighted by Crippen LogP contribution is 2.32. The molecule has 0 bridgehead atoms. The van der Waals surface area contributed by atoms with E-state index >= 15 is 0 Å². The smallest absolute Gasteiger partial charge is 0.310 e. The van der Waals surface area contributed by atoms with Gasteiger partial charge < -0.3 is 10.1 Å². The molecule has 0 aliphatic heterocycles. The van der Waals surface area contributed by atoms with Crippen molar-refractivity contribution in [3.8, 4) is 0 Å². The summed E-state index contributed by atoms with van der Waals surface area (Å²) in [4.78, 5) is 23.4. The zero-order chi connectivity index (χ0) is 15.4. The molecule has 6 heteroatoms. The molecular weight excluding hydrogens is 313 g/mol. The van der Waals surface area contributed by atoms with E-state index in [1.54, 1.807) is 18.2 Å². The van der Waals surface area contributed by atoms with Gasteiger partial charge in [-0.05, 0) is 37.8 Å². The van der Waals surface area contributed by atoms with Crippen molar-refractivity contribution in [3.63, 3.8) is 0 Å². The van der Waals surface area contributed by atoms with Gasteiger partial charge >= 0.3 is 5.97 Å². The Labute approximate surface area is 133 Å². The van der Waals surface area contributed by atoms with Gasteiger partial charge in [0.2, 0.25) is 0 Å². The van der Waals surface area contributed by atoms with Gasteiger partial charge in [-0.1, -0.05) is 29.3 Å². The molecule has 0 saturated heterocycles. The van der Waals surface area contributed by atoms with Gasteiger partial charge in [-0.3, -0.25) is 9.59 Å². The van der Waals surface area contributed by atoms with E-state index in [1.165, 1.54) is 0 Å². The first-order valence-corrected chi connectivity index (χ1v) is 7.61. The first-order chi connectivity index (χ1) is 9.97. The standard InChI is InChI=1S/C15H17Cl2NO3/c1-9(10-5-6-10)18-14(19)8-21-15(20)7-11-12(16)3-2-4-13(11)17/h2-4,9-10H,5-8H2,1H3,(H,18,19)/t9-/m0/s1. The van der Waals surface area contributed by atoms with E-state index in [1.807, 2.05) is 6.92 Å². The van der Waals surface area contributed by atoms with Gasteiger partial charge in [-0.2, -0.15) is 0 Å².